The Hall–Kier alpha value is -3.52. The molecule has 14 heteroatoms. The van der Waals surface area contributed by atoms with Crippen molar-refractivity contribution < 1.29 is 19.2 Å². The fourth-order valence-electron chi connectivity index (χ4n) is 4.61. The monoisotopic (exact) mass is 582 g/mol. The average Bonchev–Trinajstić information content (AvgIpc) is 3.72. The lowest BCUT2D eigenvalue weighted by atomic mass is 10.2. The van der Waals surface area contributed by atoms with Crippen LogP contribution in [0.2, 0.25) is 0 Å². The van der Waals surface area contributed by atoms with Gasteiger partial charge in [-0.2, -0.15) is 10.2 Å². The van der Waals surface area contributed by atoms with E-state index in [1.54, 1.807) is 24.3 Å². The number of amides is 4. The van der Waals surface area contributed by atoms with Crippen LogP contribution in [0.3, 0.4) is 0 Å². The van der Waals surface area contributed by atoms with Gasteiger partial charge in [0.15, 0.2) is 10.3 Å². The molecule has 2 aliphatic carbocycles. The molecule has 4 N–H and O–H groups in total. The van der Waals surface area contributed by atoms with E-state index < -0.39 is 10.5 Å². The van der Waals surface area contributed by atoms with Gasteiger partial charge in [0.1, 0.15) is 10.5 Å². The minimum Gasteiger partial charge on any atom is -0.326 e. The summed E-state index contributed by atoms with van der Waals surface area (Å²) >= 11 is 2.38. The molecule has 1 aromatic rings. The predicted molar refractivity (Wildman–Crippen MR) is 159 cm³/mol. The Morgan fingerprint density at radius 3 is 1.57 bits per heavy atom. The Morgan fingerprint density at radius 2 is 1.15 bits per heavy atom. The van der Waals surface area contributed by atoms with Crippen LogP contribution in [0.5, 0.6) is 0 Å². The van der Waals surface area contributed by atoms with Gasteiger partial charge in [-0.1, -0.05) is 29.6 Å². The number of carbonyl (C=O) groups excluding carboxylic acids is 4. The molecular weight excluding hydrogens is 552 g/mol. The summed E-state index contributed by atoms with van der Waals surface area (Å²) in [6.45, 7) is 0. The number of anilines is 2. The van der Waals surface area contributed by atoms with E-state index in [0.29, 0.717) is 21.7 Å². The zero-order valence-electron chi connectivity index (χ0n) is 21.8. The zero-order valence-corrected chi connectivity index (χ0v) is 23.4. The molecule has 5 rings (SSSR count). The van der Waals surface area contributed by atoms with Crippen molar-refractivity contribution in [1.29, 1.82) is 0 Å². The molecule has 2 saturated carbocycles. The molecule has 0 spiro atoms. The standard InChI is InChI=1S/C26H30N8O4S2/c35-21(13-19-23(37)29-25(39-19)33-31-15-6-1-2-7-15)27-17-10-5-11-18(12-17)28-22(36)14-20-24(38)30-26(40-20)34-32-16-8-3-4-9-16/h5,10-12,19-20H,1-4,6-9,13-14H2,(H,27,35)(H,28,36)(H,29,33,37)(H,30,34,38)/t19-,20-/m1/s1. The normalized spacial score (nSPS) is 24.4. The molecule has 2 atom stereocenters. The number of amidine groups is 2. The number of hydrogen-bond donors (Lipinski definition) is 4. The summed E-state index contributed by atoms with van der Waals surface area (Å²) in [6.07, 6.45) is 8.10. The molecular formula is C26H30N8O4S2. The Kier molecular flexibility index (Phi) is 9.26. The maximum atomic E-state index is 12.6. The molecule has 2 saturated heterocycles. The summed E-state index contributed by atoms with van der Waals surface area (Å²) in [4.78, 5) is 49.8. The lowest BCUT2D eigenvalue weighted by Gasteiger charge is -2.11. The Bertz CT molecular complexity index is 1210. The van der Waals surface area contributed by atoms with Crippen molar-refractivity contribution in [2.24, 2.45) is 20.4 Å². The van der Waals surface area contributed by atoms with Crippen LogP contribution in [0, 0.1) is 0 Å². The third-order valence-corrected chi connectivity index (χ3v) is 8.79. The third-order valence-electron chi connectivity index (χ3n) is 6.65. The second-order valence-electron chi connectivity index (χ2n) is 9.83. The maximum Gasteiger partial charge on any atom is 0.240 e. The first-order chi connectivity index (χ1) is 19.4. The summed E-state index contributed by atoms with van der Waals surface area (Å²) < 4.78 is 0. The van der Waals surface area contributed by atoms with Gasteiger partial charge in [0.2, 0.25) is 23.6 Å². The van der Waals surface area contributed by atoms with Crippen molar-refractivity contribution in [2.75, 3.05) is 10.6 Å². The van der Waals surface area contributed by atoms with Crippen molar-refractivity contribution in [3.63, 3.8) is 0 Å². The molecule has 1 aromatic carbocycles. The quantitative estimate of drug-likeness (QED) is 0.343. The van der Waals surface area contributed by atoms with E-state index in [-0.39, 0.29) is 36.5 Å². The van der Waals surface area contributed by atoms with Crippen LogP contribution < -0.4 is 21.3 Å². The first kappa shape index (κ1) is 28.0. The molecule has 4 amide bonds. The first-order valence-corrected chi connectivity index (χ1v) is 15.1. The molecule has 210 valence electrons. The maximum absolute atomic E-state index is 12.6. The van der Waals surface area contributed by atoms with E-state index in [2.05, 4.69) is 41.7 Å². The molecule has 0 bridgehead atoms. The van der Waals surface area contributed by atoms with Gasteiger partial charge >= 0.3 is 0 Å². The Morgan fingerprint density at radius 1 is 0.725 bits per heavy atom. The average molecular weight is 583 g/mol. The minimum atomic E-state index is -0.599. The van der Waals surface area contributed by atoms with Crippen LogP contribution in [0.25, 0.3) is 0 Å². The summed E-state index contributed by atoms with van der Waals surface area (Å²) in [5.74, 6) is -1.24. The van der Waals surface area contributed by atoms with Crippen molar-refractivity contribution in [2.45, 2.75) is 74.7 Å². The lowest BCUT2D eigenvalue weighted by Crippen LogP contribution is -2.28. The van der Waals surface area contributed by atoms with Gasteiger partial charge in [0.25, 0.3) is 0 Å². The Labute approximate surface area is 239 Å². The van der Waals surface area contributed by atoms with Gasteiger partial charge in [0.05, 0.1) is 0 Å². The fraction of sp³-hybridized carbons (Fsp3) is 0.462. The highest BCUT2D eigenvalue weighted by atomic mass is 32.2. The number of rotatable bonds is 8. The van der Waals surface area contributed by atoms with Crippen molar-refractivity contribution in [1.82, 2.24) is 10.6 Å². The predicted octanol–water partition coefficient (Wildman–Crippen LogP) is 3.38. The number of thioether (sulfide) groups is 2. The van der Waals surface area contributed by atoms with E-state index in [0.717, 1.165) is 62.8 Å². The summed E-state index contributed by atoms with van der Waals surface area (Å²) in [7, 11) is 0. The van der Waals surface area contributed by atoms with Crippen molar-refractivity contribution >= 4 is 80.3 Å². The van der Waals surface area contributed by atoms with Gasteiger partial charge in [-0.05, 0) is 69.6 Å². The molecule has 40 heavy (non-hydrogen) atoms. The van der Waals surface area contributed by atoms with Crippen LogP contribution in [-0.4, -0.2) is 55.9 Å². The molecule has 4 aliphatic rings. The molecule has 2 heterocycles. The molecule has 0 aromatic heterocycles. The Balaban J connectivity index is 1.09. The van der Waals surface area contributed by atoms with Crippen LogP contribution in [0.4, 0.5) is 11.4 Å². The molecule has 12 nitrogen and oxygen atoms in total. The van der Waals surface area contributed by atoms with E-state index in [9.17, 15) is 19.2 Å². The van der Waals surface area contributed by atoms with Crippen molar-refractivity contribution in [3.8, 4) is 0 Å². The van der Waals surface area contributed by atoms with Gasteiger partial charge < -0.3 is 21.3 Å². The third kappa shape index (κ3) is 7.78. The molecule has 0 radical (unpaired) electrons. The number of benzene rings is 1. The second-order valence-corrected chi connectivity index (χ2v) is 12.2. The summed E-state index contributed by atoms with van der Waals surface area (Å²) in [6, 6.07) is 6.69. The largest absolute Gasteiger partial charge is 0.326 e. The summed E-state index contributed by atoms with van der Waals surface area (Å²) in [5.41, 5.74) is 3.01. The van der Waals surface area contributed by atoms with E-state index in [1.165, 1.54) is 23.5 Å². The summed E-state index contributed by atoms with van der Waals surface area (Å²) in [5, 5.41) is 27.2. The van der Waals surface area contributed by atoms with Gasteiger partial charge in [-0.25, -0.2) is 0 Å². The van der Waals surface area contributed by atoms with E-state index >= 15 is 0 Å². The van der Waals surface area contributed by atoms with Gasteiger partial charge in [-0.3, -0.25) is 19.2 Å². The zero-order chi connectivity index (χ0) is 27.9. The van der Waals surface area contributed by atoms with Gasteiger partial charge in [0, 0.05) is 35.6 Å². The van der Waals surface area contributed by atoms with Crippen LogP contribution in [-0.2, 0) is 19.2 Å². The highest BCUT2D eigenvalue weighted by Gasteiger charge is 2.33. The topological polar surface area (TPSA) is 166 Å². The van der Waals surface area contributed by atoms with Crippen molar-refractivity contribution in [3.05, 3.63) is 24.3 Å². The smallest absolute Gasteiger partial charge is 0.240 e. The molecule has 2 aliphatic heterocycles. The highest BCUT2D eigenvalue weighted by Crippen LogP contribution is 2.26. The second kappa shape index (κ2) is 13.2. The molecule has 0 unspecified atom stereocenters. The number of hydrogen-bond acceptors (Lipinski definition) is 10. The highest BCUT2D eigenvalue weighted by molar-refractivity contribution is 8.16. The lowest BCUT2D eigenvalue weighted by molar-refractivity contribution is -0.122. The molecule has 4 fully saturated rings. The van der Waals surface area contributed by atoms with E-state index in [1.807, 2.05) is 0 Å². The van der Waals surface area contributed by atoms with Crippen LogP contribution >= 0.6 is 23.5 Å². The number of nitrogens with one attached hydrogen (secondary N) is 4. The van der Waals surface area contributed by atoms with Crippen LogP contribution in [0.1, 0.15) is 64.2 Å². The SMILES string of the molecule is O=C(C[C@H]1S/C(=N\N=C2CCCC2)NC1=O)Nc1cccc(NC(=O)C[C@H]2S/C(=N\N=C3CCCC3)NC2=O)c1. The van der Waals surface area contributed by atoms with Crippen LogP contribution in [0.15, 0.2) is 44.7 Å². The fourth-order valence-corrected chi connectivity index (χ4v) is 6.44. The number of nitrogens with zero attached hydrogens (tertiary/aromatic N) is 4. The number of carbonyl (C=O) groups is 4. The first-order valence-electron chi connectivity index (χ1n) is 13.3. The van der Waals surface area contributed by atoms with Gasteiger partial charge in [-0.15, -0.1) is 10.2 Å². The van der Waals surface area contributed by atoms with E-state index in [4.69, 9.17) is 0 Å². The minimum absolute atomic E-state index is 0.0356.